The van der Waals surface area contributed by atoms with Crippen LogP contribution in [0.25, 0.3) is 0 Å². The summed E-state index contributed by atoms with van der Waals surface area (Å²) in [5.74, 6) is -0.0941. The maximum absolute atomic E-state index is 12.3. The number of morpholine rings is 1. The van der Waals surface area contributed by atoms with Gasteiger partial charge in [0, 0.05) is 17.8 Å². The third-order valence-corrected chi connectivity index (χ3v) is 3.10. The van der Waals surface area contributed by atoms with Crippen molar-refractivity contribution in [3.05, 3.63) is 29.3 Å². The summed E-state index contributed by atoms with van der Waals surface area (Å²) in [6.45, 7) is 3.03. The van der Waals surface area contributed by atoms with Crippen LogP contribution < -0.4 is 5.73 Å². The Morgan fingerprint density at radius 3 is 3.11 bits per heavy atom. The molecule has 1 fully saturated rings. The molecule has 18 heavy (non-hydrogen) atoms. The van der Waals surface area contributed by atoms with E-state index in [0.29, 0.717) is 30.9 Å². The van der Waals surface area contributed by atoms with Crippen LogP contribution in [0.3, 0.4) is 0 Å². The topological polar surface area (TPSA) is 79.3 Å². The molecule has 1 aromatic carbocycles. The lowest BCUT2D eigenvalue weighted by Gasteiger charge is -2.30. The highest BCUT2D eigenvalue weighted by Crippen LogP contribution is 2.18. The van der Waals surface area contributed by atoms with Crippen molar-refractivity contribution in [2.75, 3.05) is 25.4 Å². The first kappa shape index (κ1) is 12.4. The predicted octanol–water partition coefficient (Wildman–Crippen LogP) is 0.942. The quantitative estimate of drug-likeness (QED) is 0.747. The molecule has 0 aromatic heterocycles. The zero-order valence-corrected chi connectivity index (χ0v) is 10.2. The summed E-state index contributed by atoms with van der Waals surface area (Å²) in [5.41, 5.74) is 7.77. The fourth-order valence-electron chi connectivity index (χ4n) is 1.97. The largest absolute Gasteiger partial charge is 0.398 e. The molecular weight excluding hydrogens is 230 g/mol. The van der Waals surface area contributed by atoms with Gasteiger partial charge < -0.3 is 15.4 Å². The SMILES string of the molecule is Cc1c(N)cccc1C(=O)N1CCOC(C#N)C1. The fraction of sp³-hybridized carbons (Fsp3) is 0.385. The first-order chi connectivity index (χ1) is 8.63. The van der Waals surface area contributed by atoms with Crippen molar-refractivity contribution in [3.8, 4) is 6.07 Å². The van der Waals surface area contributed by atoms with Gasteiger partial charge in [0.15, 0.2) is 6.10 Å². The molecule has 1 amide bonds. The molecular formula is C13H15N3O2. The summed E-state index contributed by atoms with van der Waals surface area (Å²) in [7, 11) is 0. The van der Waals surface area contributed by atoms with Gasteiger partial charge in [0.2, 0.25) is 0 Å². The second kappa shape index (κ2) is 5.07. The Morgan fingerprint density at radius 2 is 2.39 bits per heavy atom. The molecule has 0 saturated carbocycles. The van der Waals surface area contributed by atoms with Crippen LogP contribution in [0, 0.1) is 18.3 Å². The molecule has 5 nitrogen and oxygen atoms in total. The van der Waals surface area contributed by atoms with Crippen LogP contribution in [0.15, 0.2) is 18.2 Å². The summed E-state index contributed by atoms with van der Waals surface area (Å²) in [5, 5.41) is 8.83. The molecule has 1 atom stereocenters. The molecule has 5 heteroatoms. The molecule has 2 rings (SSSR count). The lowest BCUT2D eigenvalue weighted by Crippen LogP contribution is -2.45. The average Bonchev–Trinajstić information content (AvgIpc) is 2.41. The molecule has 1 aromatic rings. The third kappa shape index (κ3) is 2.29. The number of anilines is 1. The minimum absolute atomic E-state index is 0.0941. The number of benzene rings is 1. The van der Waals surface area contributed by atoms with E-state index in [9.17, 15) is 4.79 Å². The van der Waals surface area contributed by atoms with Crippen LogP contribution in [0.4, 0.5) is 5.69 Å². The molecule has 94 valence electrons. The van der Waals surface area contributed by atoms with Crippen LogP contribution in [0.2, 0.25) is 0 Å². The van der Waals surface area contributed by atoms with Gasteiger partial charge in [-0.15, -0.1) is 0 Å². The van der Waals surface area contributed by atoms with Crippen LogP contribution in [-0.2, 0) is 4.74 Å². The number of carbonyl (C=O) groups excluding carboxylic acids is 1. The van der Waals surface area contributed by atoms with Gasteiger partial charge in [-0.2, -0.15) is 5.26 Å². The lowest BCUT2D eigenvalue weighted by atomic mass is 10.1. The maximum atomic E-state index is 12.3. The van der Waals surface area contributed by atoms with Crippen LogP contribution >= 0.6 is 0 Å². The first-order valence-electron chi connectivity index (χ1n) is 5.79. The minimum Gasteiger partial charge on any atom is -0.398 e. The van der Waals surface area contributed by atoms with E-state index in [1.54, 1.807) is 23.1 Å². The zero-order valence-electron chi connectivity index (χ0n) is 10.2. The highest BCUT2D eigenvalue weighted by molar-refractivity contribution is 5.97. The maximum Gasteiger partial charge on any atom is 0.254 e. The second-order valence-electron chi connectivity index (χ2n) is 4.26. The predicted molar refractivity (Wildman–Crippen MR) is 66.8 cm³/mol. The number of ether oxygens (including phenoxy) is 1. The van der Waals surface area contributed by atoms with Crippen molar-refractivity contribution in [1.29, 1.82) is 5.26 Å². The molecule has 0 aliphatic carbocycles. The molecule has 2 N–H and O–H groups in total. The Labute approximate surface area is 106 Å². The van der Waals surface area contributed by atoms with Crippen LogP contribution in [-0.4, -0.2) is 36.6 Å². The normalized spacial score (nSPS) is 19.3. The van der Waals surface area contributed by atoms with E-state index in [1.165, 1.54) is 0 Å². The highest BCUT2D eigenvalue weighted by atomic mass is 16.5. The van der Waals surface area contributed by atoms with Crippen LogP contribution in [0.1, 0.15) is 15.9 Å². The number of hydrogen-bond acceptors (Lipinski definition) is 4. The van der Waals surface area contributed by atoms with Crippen LogP contribution in [0.5, 0.6) is 0 Å². The van der Waals surface area contributed by atoms with Crippen molar-refractivity contribution in [3.63, 3.8) is 0 Å². The van der Waals surface area contributed by atoms with Gasteiger partial charge in [-0.25, -0.2) is 0 Å². The number of rotatable bonds is 1. The number of nitrogen functional groups attached to an aromatic ring is 1. The number of nitriles is 1. The number of nitrogens with two attached hydrogens (primary N) is 1. The van der Waals surface area contributed by atoms with Gasteiger partial charge >= 0.3 is 0 Å². The molecule has 1 heterocycles. The van der Waals surface area contributed by atoms with Crippen molar-refractivity contribution >= 4 is 11.6 Å². The molecule has 1 unspecified atom stereocenters. The molecule has 1 saturated heterocycles. The lowest BCUT2D eigenvalue weighted by molar-refractivity contribution is 0.00343. The number of nitrogens with zero attached hydrogens (tertiary/aromatic N) is 2. The zero-order chi connectivity index (χ0) is 13.1. The van der Waals surface area contributed by atoms with E-state index in [2.05, 4.69) is 0 Å². The van der Waals surface area contributed by atoms with E-state index >= 15 is 0 Å². The van der Waals surface area contributed by atoms with Crippen molar-refractivity contribution in [2.24, 2.45) is 0 Å². The third-order valence-electron chi connectivity index (χ3n) is 3.10. The van der Waals surface area contributed by atoms with E-state index in [1.807, 2.05) is 13.0 Å². The number of hydrogen-bond donors (Lipinski definition) is 1. The number of carbonyl (C=O) groups is 1. The monoisotopic (exact) mass is 245 g/mol. The molecule has 1 aliphatic rings. The van der Waals surface area contributed by atoms with Gasteiger partial charge in [-0.1, -0.05) is 6.07 Å². The van der Waals surface area contributed by atoms with E-state index in [4.69, 9.17) is 15.7 Å². The second-order valence-corrected chi connectivity index (χ2v) is 4.26. The molecule has 0 spiro atoms. The standard InChI is InChI=1S/C13H15N3O2/c1-9-11(3-2-4-12(9)15)13(17)16-5-6-18-10(7-14)8-16/h2-4,10H,5-6,8,15H2,1H3. The molecule has 1 aliphatic heterocycles. The minimum atomic E-state index is -0.538. The van der Waals surface area contributed by atoms with Gasteiger partial charge in [-0.3, -0.25) is 4.79 Å². The van der Waals surface area contributed by atoms with Gasteiger partial charge in [-0.05, 0) is 24.6 Å². The Balaban J connectivity index is 2.21. The highest BCUT2D eigenvalue weighted by Gasteiger charge is 2.25. The summed E-state index contributed by atoms with van der Waals surface area (Å²) in [6, 6.07) is 7.31. The summed E-state index contributed by atoms with van der Waals surface area (Å²) in [4.78, 5) is 14.0. The fourth-order valence-corrected chi connectivity index (χ4v) is 1.97. The van der Waals surface area contributed by atoms with Gasteiger partial charge in [0.05, 0.1) is 19.2 Å². The Hall–Kier alpha value is -2.06. The number of amides is 1. The summed E-state index contributed by atoms with van der Waals surface area (Å²) in [6.07, 6.45) is -0.538. The molecule has 0 bridgehead atoms. The van der Waals surface area contributed by atoms with Gasteiger partial charge in [0.25, 0.3) is 5.91 Å². The summed E-state index contributed by atoms with van der Waals surface area (Å²) < 4.78 is 5.22. The van der Waals surface area contributed by atoms with E-state index in [-0.39, 0.29) is 5.91 Å². The Morgan fingerprint density at radius 1 is 1.61 bits per heavy atom. The summed E-state index contributed by atoms with van der Waals surface area (Å²) >= 11 is 0. The Kier molecular flexibility index (Phi) is 3.49. The van der Waals surface area contributed by atoms with Crippen molar-refractivity contribution < 1.29 is 9.53 Å². The van der Waals surface area contributed by atoms with E-state index < -0.39 is 6.10 Å². The van der Waals surface area contributed by atoms with Crippen molar-refractivity contribution in [2.45, 2.75) is 13.0 Å². The van der Waals surface area contributed by atoms with E-state index in [0.717, 1.165) is 5.56 Å². The Bertz CT molecular complexity index is 507. The average molecular weight is 245 g/mol. The first-order valence-corrected chi connectivity index (χ1v) is 5.79. The van der Waals surface area contributed by atoms with Gasteiger partial charge in [0.1, 0.15) is 0 Å². The smallest absolute Gasteiger partial charge is 0.254 e. The van der Waals surface area contributed by atoms with Crippen molar-refractivity contribution in [1.82, 2.24) is 4.90 Å². The molecule has 0 radical (unpaired) electrons.